The van der Waals surface area contributed by atoms with Crippen molar-refractivity contribution in [3.8, 4) is 17.0 Å². The Morgan fingerprint density at radius 3 is 2.95 bits per heavy atom. The maximum atomic E-state index is 13.0. The lowest BCUT2D eigenvalue weighted by Crippen LogP contribution is -2.46. The third-order valence-corrected chi connectivity index (χ3v) is 8.23. The molecule has 0 unspecified atom stereocenters. The smallest absolute Gasteiger partial charge is 0.254 e. The third kappa shape index (κ3) is 3.51. The minimum absolute atomic E-state index is 0.105. The molecule has 3 N–H and O–H groups in total. The molecule has 4 aromatic heterocycles. The summed E-state index contributed by atoms with van der Waals surface area (Å²) in [6, 6.07) is 7.86. The van der Waals surface area contributed by atoms with Crippen LogP contribution in [0.5, 0.6) is 5.75 Å². The highest BCUT2D eigenvalue weighted by atomic mass is 16.5. The van der Waals surface area contributed by atoms with E-state index < -0.39 is 0 Å². The molecule has 4 aromatic rings. The fourth-order valence-electron chi connectivity index (χ4n) is 6.36. The number of anilines is 3. The van der Waals surface area contributed by atoms with Crippen molar-refractivity contribution in [3.05, 3.63) is 54.0 Å². The van der Waals surface area contributed by atoms with Crippen LogP contribution in [0, 0.1) is 0 Å². The first-order valence-corrected chi connectivity index (χ1v) is 13.1. The number of nitrogens with zero attached hydrogens (tertiary/aromatic N) is 5. The highest BCUT2D eigenvalue weighted by Gasteiger charge is 2.44. The number of nitrogens with one attached hydrogen (secondary N) is 3. The van der Waals surface area contributed by atoms with Gasteiger partial charge in [0.2, 0.25) is 0 Å². The number of hydrogen-bond acceptors (Lipinski definition) is 8. The molecule has 194 valence electrons. The van der Waals surface area contributed by atoms with Crippen molar-refractivity contribution in [2.24, 2.45) is 7.05 Å². The third-order valence-electron chi connectivity index (χ3n) is 8.23. The van der Waals surface area contributed by atoms with Gasteiger partial charge in [0.1, 0.15) is 23.0 Å². The molecule has 10 nitrogen and oxygen atoms in total. The lowest BCUT2D eigenvalue weighted by atomic mass is 9.95. The molecular formula is C28H30N8O2. The Balaban J connectivity index is 1.29. The number of fused-ring (bicyclic) bond motifs is 2. The molecule has 7 heterocycles. The summed E-state index contributed by atoms with van der Waals surface area (Å²) in [6.45, 7) is 3.38. The number of aromatic nitrogens is 4. The average molecular weight is 511 g/mol. The topological polar surface area (TPSA) is 109 Å². The fraction of sp³-hybridized carbons (Fsp3) is 0.357. The van der Waals surface area contributed by atoms with Gasteiger partial charge in [0.05, 0.1) is 35.8 Å². The molecule has 0 saturated carbocycles. The second-order valence-corrected chi connectivity index (χ2v) is 10.4. The van der Waals surface area contributed by atoms with E-state index in [1.807, 2.05) is 42.1 Å². The summed E-state index contributed by atoms with van der Waals surface area (Å²) in [4.78, 5) is 29.8. The number of aryl methyl sites for hydroxylation is 1. The molecule has 1 atom stereocenters. The number of amides is 1. The molecular weight excluding hydrogens is 480 g/mol. The summed E-state index contributed by atoms with van der Waals surface area (Å²) in [5, 5.41) is 10.9. The number of carbonyl (C=O) groups is 1. The largest absolute Gasteiger partial charge is 0.496 e. The Kier molecular flexibility index (Phi) is 5.26. The van der Waals surface area contributed by atoms with Crippen molar-refractivity contribution in [2.45, 2.75) is 31.3 Å². The van der Waals surface area contributed by atoms with Crippen molar-refractivity contribution in [1.29, 1.82) is 0 Å². The van der Waals surface area contributed by atoms with E-state index in [1.54, 1.807) is 19.5 Å². The Labute approximate surface area is 220 Å². The van der Waals surface area contributed by atoms with E-state index in [2.05, 4.69) is 25.8 Å². The summed E-state index contributed by atoms with van der Waals surface area (Å²) < 4.78 is 7.64. The van der Waals surface area contributed by atoms with Crippen molar-refractivity contribution in [2.75, 3.05) is 37.0 Å². The summed E-state index contributed by atoms with van der Waals surface area (Å²) in [6.07, 6.45) is 8.91. The number of rotatable bonds is 5. The quantitative estimate of drug-likeness (QED) is 0.375. The second-order valence-electron chi connectivity index (χ2n) is 10.4. The average Bonchev–Trinajstić information content (AvgIpc) is 3.74. The summed E-state index contributed by atoms with van der Waals surface area (Å²) in [5.41, 5.74) is 4.82. The number of methoxy groups -OCH3 is 1. The summed E-state index contributed by atoms with van der Waals surface area (Å²) in [5.74, 6) is 2.11. The van der Waals surface area contributed by atoms with Crippen LogP contribution < -0.4 is 25.6 Å². The van der Waals surface area contributed by atoms with Gasteiger partial charge < -0.3 is 30.2 Å². The van der Waals surface area contributed by atoms with Crippen LogP contribution in [0.4, 0.5) is 17.3 Å². The minimum Gasteiger partial charge on any atom is -0.496 e. The van der Waals surface area contributed by atoms with E-state index in [4.69, 9.17) is 14.7 Å². The fourth-order valence-corrected chi connectivity index (χ4v) is 6.36. The lowest BCUT2D eigenvalue weighted by molar-refractivity contribution is 0.0966. The van der Waals surface area contributed by atoms with E-state index in [9.17, 15) is 4.79 Å². The zero-order valence-corrected chi connectivity index (χ0v) is 21.5. The maximum Gasteiger partial charge on any atom is 0.254 e. The second kappa shape index (κ2) is 8.70. The van der Waals surface area contributed by atoms with Gasteiger partial charge in [-0.15, -0.1) is 0 Å². The van der Waals surface area contributed by atoms with Crippen molar-refractivity contribution in [3.63, 3.8) is 0 Å². The van der Waals surface area contributed by atoms with Crippen molar-refractivity contribution >= 4 is 34.3 Å². The molecule has 1 spiro atoms. The molecule has 2 fully saturated rings. The minimum atomic E-state index is -0.122. The summed E-state index contributed by atoms with van der Waals surface area (Å²) in [7, 11) is 3.64. The molecule has 1 amide bonds. The van der Waals surface area contributed by atoms with Gasteiger partial charge in [-0.25, -0.2) is 9.97 Å². The standard InChI is InChI=1S/C28H30N8O2/c1-35-11-5-19-18(4-8-30-26(19)35)25-20-14-32-27(37)24(20)21(15-31-25)33-22-12-17(38-2)13-23(34-22)36-10-3-6-28(36)7-9-29-16-28/h4-5,8,11-13,15,29H,3,6-7,9-10,14,16H2,1-2H3,(H,32,37)(H,33,34)/t28-/m1/s1. The molecule has 0 radical (unpaired) electrons. The highest BCUT2D eigenvalue weighted by molar-refractivity contribution is 6.06. The lowest BCUT2D eigenvalue weighted by Gasteiger charge is -2.35. The van der Waals surface area contributed by atoms with Crippen LogP contribution in [0.2, 0.25) is 0 Å². The van der Waals surface area contributed by atoms with Gasteiger partial charge in [0, 0.05) is 67.7 Å². The molecule has 7 rings (SSSR count). The highest BCUT2D eigenvalue weighted by Crippen LogP contribution is 2.40. The van der Waals surface area contributed by atoms with Crippen LogP contribution in [-0.4, -0.2) is 57.7 Å². The SMILES string of the molecule is COc1cc(Nc2cnc(-c3ccnc4c3ccn4C)c3c2C(=O)NC3)nc(N2CCC[C@]23CCNC3)c1. The summed E-state index contributed by atoms with van der Waals surface area (Å²) >= 11 is 0. The number of hydrogen-bond donors (Lipinski definition) is 3. The van der Waals surface area contributed by atoms with E-state index in [-0.39, 0.29) is 11.4 Å². The Hall–Kier alpha value is -4.18. The Morgan fingerprint density at radius 2 is 2.11 bits per heavy atom. The Bertz CT molecular complexity index is 1570. The molecule has 0 aliphatic carbocycles. The predicted molar refractivity (Wildman–Crippen MR) is 146 cm³/mol. The van der Waals surface area contributed by atoms with Crippen LogP contribution in [0.3, 0.4) is 0 Å². The molecule has 0 bridgehead atoms. The zero-order valence-electron chi connectivity index (χ0n) is 21.5. The van der Waals surface area contributed by atoms with Gasteiger partial charge in [0.15, 0.2) is 0 Å². The molecule has 3 aliphatic rings. The van der Waals surface area contributed by atoms with Gasteiger partial charge in [-0.3, -0.25) is 9.78 Å². The molecule has 38 heavy (non-hydrogen) atoms. The van der Waals surface area contributed by atoms with Crippen molar-refractivity contribution in [1.82, 2.24) is 30.2 Å². The number of ether oxygens (including phenoxy) is 1. The molecule has 0 aromatic carbocycles. The van der Waals surface area contributed by atoms with Crippen LogP contribution in [-0.2, 0) is 13.6 Å². The normalized spacial score (nSPS) is 20.4. The maximum absolute atomic E-state index is 13.0. The van der Waals surface area contributed by atoms with E-state index in [0.717, 1.165) is 78.3 Å². The monoisotopic (exact) mass is 510 g/mol. The van der Waals surface area contributed by atoms with Crippen LogP contribution in [0.25, 0.3) is 22.3 Å². The van der Waals surface area contributed by atoms with Gasteiger partial charge in [0.25, 0.3) is 5.91 Å². The van der Waals surface area contributed by atoms with Crippen LogP contribution in [0.15, 0.2) is 42.9 Å². The zero-order chi connectivity index (χ0) is 25.9. The first kappa shape index (κ1) is 23.0. The van der Waals surface area contributed by atoms with Gasteiger partial charge in [-0.1, -0.05) is 0 Å². The van der Waals surface area contributed by atoms with Gasteiger partial charge in [-0.2, -0.15) is 0 Å². The molecule has 10 heteroatoms. The van der Waals surface area contributed by atoms with E-state index >= 15 is 0 Å². The predicted octanol–water partition coefficient (Wildman–Crippen LogP) is 3.36. The van der Waals surface area contributed by atoms with Gasteiger partial charge in [-0.05, 0) is 37.9 Å². The first-order valence-electron chi connectivity index (χ1n) is 13.1. The number of carbonyl (C=O) groups excluding carboxylic acids is 1. The van der Waals surface area contributed by atoms with E-state index in [1.165, 1.54) is 0 Å². The molecule has 3 aliphatic heterocycles. The van der Waals surface area contributed by atoms with Crippen LogP contribution >= 0.6 is 0 Å². The molecule has 2 saturated heterocycles. The first-order chi connectivity index (χ1) is 18.6. The number of pyridine rings is 3. The van der Waals surface area contributed by atoms with E-state index in [0.29, 0.717) is 23.6 Å². The Morgan fingerprint density at radius 1 is 1.18 bits per heavy atom. The van der Waals surface area contributed by atoms with Crippen LogP contribution in [0.1, 0.15) is 35.2 Å². The van der Waals surface area contributed by atoms with Gasteiger partial charge >= 0.3 is 0 Å². The van der Waals surface area contributed by atoms with Crippen molar-refractivity contribution < 1.29 is 9.53 Å².